The van der Waals surface area contributed by atoms with Gasteiger partial charge in [0.15, 0.2) is 0 Å². The summed E-state index contributed by atoms with van der Waals surface area (Å²) in [5, 5.41) is 7.80. The van der Waals surface area contributed by atoms with E-state index >= 15 is 0 Å². The minimum Gasteiger partial charge on any atom is -0.304 e. The second-order valence-corrected chi connectivity index (χ2v) is 4.95. The number of rotatable bonds is 6. The van der Waals surface area contributed by atoms with Gasteiger partial charge >= 0.3 is 0 Å². The van der Waals surface area contributed by atoms with Gasteiger partial charge < -0.3 is 5.32 Å². The number of hydrogen-bond acceptors (Lipinski definition) is 3. The second-order valence-electron chi connectivity index (χ2n) is 4.95. The third kappa shape index (κ3) is 3.77. The van der Waals surface area contributed by atoms with Gasteiger partial charge in [0.2, 0.25) is 0 Å². The van der Waals surface area contributed by atoms with Crippen LogP contribution < -0.4 is 5.32 Å². The van der Waals surface area contributed by atoms with E-state index in [1.807, 2.05) is 16.8 Å². The van der Waals surface area contributed by atoms with E-state index in [1.54, 1.807) is 12.7 Å². The van der Waals surface area contributed by atoms with Crippen LogP contribution >= 0.6 is 0 Å². The molecule has 0 bridgehead atoms. The fourth-order valence-electron chi connectivity index (χ4n) is 2.32. The van der Waals surface area contributed by atoms with Crippen molar-refractivity contribution in [3.63, 3.8) is 0 Å². The first-order valence-electron chi connectivity index (χ1n) is 7.06. The summed E-state index contributed by atoms with van der Waals surface area (Å²) in [5.41, 5.74) is 2.53. The van der Waals surface area contributed by atoms with Crippen LogP contribution in [-0.2, 0) is 13.1 Å². The highest BCUT2D eigenvalue weighted by Crippen LogP contribution is 2.15. The normalized spacial score (nSPS) is 12.2. The maximum Gasteiger partial charge on any atom is 0.137 e. The van der Waals surface area contributed by atoms with Gasteiger partial charge in [0, 0.05) is 6.54 Å². The molecule has 3 rings (SSSR count). The summed E-state index contributed by atoms with van der Waals surface area (Å²) in [6, 6.07) is 21.1. The zero-order valence-corrected chi connectivity index (χ0v) is 11.8. The van der Waals surface area contributed by atoms with Crippen molar-refractivity contribution in [2.24, 2.45) is 0 Å². The Hall–Kier alpha value is -2.46. The van der Waals surface area contributed by atoms with Gasteiger partial charge in [0.1, 0.15) is 12.7 Å². The minimum atomic E-state index is 0.202. The molecule has 1 atom stereocenters. The highest BCUT2D eigenvalue weighted by atomic mass is 15.3. The maximum absolute atomic E-state index is 4.20. The lowest BCUT2D eigenvalue weighted by Gasteiger charge is -2.19. The van der Waals surface area contributed by atoms with Gasteiger partial charge in [-0.2, -0.15) is 5.10 Å². The van der Waals surface area contributed by atoms with E-state index in [-0.39, 0.29) is 6.04 Å². The first kappa shape index (κ1) is 13.5. The molecular weight excluding hydrogens is 260 g/mol. The van der Waals surface area contributed by atoms with E-state index in [9.17, 15) is 0 Å². The van der Waals surface area contributed by atoms with Crippen LogP contribution in [0.3, 0.4) is 0 Å². The van der Waals surface area contributed by atoms with Crippen molar-refractivity contribution >= 4 is 0 Å². The molecule has 0 fully saturated rings. The largest absolute Gasteiger partial charge is 0.304 e. The third-order valence-corrected chi connectivity index (χ3v) is 3.43. The lowest BCUT2D eigenvalue weighted by atomic mass is 10.1. The molecule has 0 saturated carbocycles. The summed E-state index contributed by atoms with van der Waals surface area (Å²) < 4.78 is 1.86. The molecule has 1 N–H and O–H groups in total. The van der Waals surface area contributed by atoms with E-state index < -0.39 is 0 Å². The summed E-state index contributed by atoms with van der Waals surface area (Å²) in [5.74, 6) is 0. The molecule has 0 spiro atoms. The molecule has 0 saturated heterocycles. The van der Waals surface area contributed by atoms with Gasteiger partial charge in [-0.25, -0.2) is 4.98 Å². The van der Waals surface area contributed by atoms with Crippen molar-refractivity contribution in [1.82, 2.24) is 20.1 Å². The lowest BCUT2D eigenvalue weighted by molar-refractivity contribution is 0.436. The van der Waals surface area contributed by atoms with Gasteiger partial charge in [-0.15, -0.1) is 0 Å². The highest BCUT2D eigenvalue weighted by Gasteiger charge is 2.11. The molecule has 21 heavy (non-hydrogen) atoms. The zero-order valence-electron chi connectivity index (χ0n) is 11.8. The summed E-state index contributed by atoms with van der Waals surface area (Å²) in [4.78, 5) is 4.01. The standard InChI is InChI=1S/C17H18N4/c1-3-7-15(8-4-1)11-19-17(12-21-14-18-13-20-21)16-9-5-2-6-10-16/h1-10,13-14,17,19H,11-12H2/t17-/m1/s1. The molecule has 0 aliphatic carbocycles. The molecule has 1 heterocycles. The van der Waals surface area contributed by atoms with Crippen LogP contribution in [0.15, 0.2) is 73.3 Å². The topological polar surface area (TPSA) is 42.7 Å². The highest BCUT2D eigenvalue weighted by molar-refractivity contribution is 5.20. The van der Waals surface area contributed by atoms with Crippen LogP contribution in [0.5, 0.6) is 0 Å². The number of nitrogens with zero attached hydrogens (tertiary/aromatic N) is 3. The van der Waals surface area contributed by atoms with E-state index in [4.69, 9.17) is 0 Å². The van der Waals surface area contributed by atoms with Gasteiger partial charge in [-0.05, 0) is 11.1 Å². The molecule has 4 heteroatoms. The van der Waals surface area contributed by atoms with Gasteiger partial charge in [-0.1, -0.05) is 60.7 Å². The van der Waals surface area contributed by atoms with Crippen LogP contribution in [0.1, 0.15) is 17.2 Å². The van der Waals surface area contributed by atoms with Crippen molar-refractivity contribution < 1.29 is 0 Å². The summed E-state index contributed by atoms with van der Waals surface area (Å²) in [6.07, 6.45) is 3.32. The van der Waals surface area contributed by atoms with E-state index in [0.29, 0.717) is 0 Å². The predicted octanol–water partition coefficient (Wildman–Crippen LogP) is 2.81. The Morgan fingerprint density at radius 1 is 0.952 bits per heavy atom. The Morgan fingerprint density at radius 2 is 1.67 bits per heavy atom. The monoisotopic (exact) mass is 278 g/mol. The van der Waals surface area contributed by atoms with Gasteiger partial charge in [0.05, 0.1) is 12.6 Å². The van der Waals surface area contributed by atoms with Crippen LogP contribution in [0.2, 0.25) is 0 Å². The first-order chi connectivity index (χ1) is 10.4. The first-order valence-corrected chi connectivity index (χ1v) is 7.06. The van der Waals surface area contributed by atoms with Crippen molar-refractivity contribution in [3.05, 3.63) is 84.4 Å². The van der Waals surface area contributed by atoms with Crippen LogP contribution in [-0.4, -0.2) is 14.8 Å². The lowest BCUT2D eigenvalue weighted by Crippen LogP contribution is -2.25. The molecule has 3 aromatic rings. The second kappa shape index (κ2) is 6.81. The fraction of sp³-hybridized carbons (Fsp3) is 0.176. The van der Waals surface area contributed by atoms with Crippen molar-refractivity contribution in [2.75, 3.05) is 0 Å². The predicted molar refractivity (Wildman–Crippen MR) is 82.5 cm³/mol. The van der Waals surface area contributed by atoms with Crippen LogP contribution in [0, 0.1) is 0 Å². The maximum atomic E-state index is 4.20. The number of hydrogen-bond donors (Lipinski definition) is 1. The Morgan fingerprint density at radius 3 is 2.33 bits per heavy atom. The van der Waals surface area contributed by atoms with Crippen molar-refractivity contribution in [2.45, 2.75) is 19.1 Å². The quantitative estimate of drug-likeness (QED) is 0.754. The van der Waals surface area contributed by atoms with E-state index in [2.05, 4.69) is 63.9 Å². The Kier molecular flexibility index (Phi) is 4.39. The molecular formula is C17H18N4. The summed E-state index contributed by atoms with van der Waals surface area (Å²) in [7, 11) is 0. The summed E-state index contributed by atoms with van der Waals surface area (Å²) in [6.45, 7) is 1.59. The van der Waals surface area contributed by atoms with E-state index in [0.717, 1.165) is 13.1 Å². The average Bonchev–Trinajstić information content (AvgIpc) is 3.06. The van der Waals surface area contributed by atoms with Gasteiger partial charge in [0.25, 0.3) is 0 Å². The Bertz CT molecular complexity index is 635. The van der Waals surface area contributed by atoms with Crippen molar-refractivity contribution in [1.29, 1.82) is 0 Å². The number of nitrogens with one attached hydrogen (secondary N) is 1. The fourth-order valence-corrected chi connectivity index (χ4v) is 2.32. The summed E-state index contributed by atoms with van der Waals surface area (Å²) >= 11 is 0. The molecule has 0 aliphatic heterocycles. The minimum absolute atomic E-state index is 0.202. The zero-order chi connectivity index (χ0) is 14.3. The molecule has 4 nitrogen and oxygen atoms in total. The third-order valence-electron chi connectivity index (χ3n) is 3.43. The molecule has 0 unspecified atom stereocenters. The Balaban J connectivity index is 1.73. The Labute approximate surface area is 124 Å². The van der Waals surface area contributed by atoms with Crippen LogP contribution in [0.25, 0.3) is 0 Å². The van der Waals surface area contributed by atoms with Crippen molar-refractivity contribution in [3.8, 4) is 0 Å². The van der Waals surface area contributed by atoms with Gasteiger partial charge in [-0.3, -0.25) is 4.68 Å². The number of benzene rings is 2. The molecule has 0 radical (unpaired) electrons. The molecule has 0 aliphatic rings. The van der Waals surface area contributed by atoms with Crippen LogP contribution in [0.4, 0.5) is 0 Å². The average molecular weight is 278 g/mol. The smallest absolute Gasteiger partial charge is 0.137 e. The number of aromatic nitrogens is 3. The molecule has 2 aromatic carbocycles. The molecule has 0 amide bonds. The molecule has 1 aromatic heterocycles. The molecule has 106 valence electrons. The SMILES string of the molecule is c1ccc(CN[C@H](Cn2cncn2)c2ccccc2)cc1. The van der Waals surface area contributed by atoms with E-state index in [1.165, 1.54) is 11.1 Å².